The molecule has 38 heavy (non-hydrogen) atoms. The summed E-state index contributed by atoms with van der Waals surface area (Å²) in [7, 11) is 0. The third-order valence-electron chi connectivity index (χ3n) is 7.02. The van der Waals surface area contributed by atoms with Crippen molar-refractivity contribution in [1.82, 2.24) is 4.90 Å². The second-order valence-corrected chi connectivity index (χ2v) is 10.6. The first-order valence-electron chi connectivity index (χ1n) is 12.5. The Morgan fingerprint density at radius 1 is 1.03 bits per heavy atom. The summed E-state index contributed by atoms with van der Waals surface area (Å²) < 4.78 is 0. The molecule has 1 aliphatic rings. The van der Waals surface area contributed by atoms with Crippen LogP contribution in [0.1, 0.15) is 30.9 Å². The molecule has 1 fully saturated rings. The number of benzene rings is 3. The molecule has 7 nitrogen and oxygen atoms in total. The lowest BCUT2D eigenvalue weighted by Gasteiger charge is -2.33. The van der Waals surface area contributed by atoms with Gasteiger partial charge in [0, 0.05) is 41.3 Å². The number of nitrogens with zero attached hydrogens (tertiary/aromatic N) is 1. The minimum atomic E-state index is -0.453. The van der Waals surface area contributed by atoms with Crippen molar-refractivity contribution in [1.29, 1.82) is 0 Å². The fourth-order valence-electron chi connectivity index (χ4n) is 4.58. The van der Waals surface area contributed by atoms with Crippen molar-refractivity contribution in [3.8, 4) is 0 Å². The third-order valence-corrected chi connectivity index (χ3v) is 7.27. The molecule has 0 radical (unpaired) electrons. The Kier molecular flexibility index (Phi) is 8.52. The monoisotopic (exact) mass is 532 g/mol. The largest absolute Gasteiger partial charge is 0.397 e. The number of hydrogen-bond donors (Lipinski definition) is 4. The van der Waals surface area contributed by atoms with Gasteiger partial charge in [-0.3, -0.25) is 14.5 Å². The average molecular weight is 533 g/mol. The second-order valence-electron chi connectivity index (χ2n) is 10.2. The van der Waals surface area contributed by atoms with Gasteiger partial charge >= 0.3 is 0 Å². The summed E-state index contributed by atoms with van der Waals surface area (Å²) in [5.41, 5.74) is 9.08. The Bertz CT molecular complexity index is 1310. The molecule has 0 aromatic heterocycles. The summed E-state index contributed by atoms with van der Waals surface area (Å²) in [4.78, 5) is 27.9. The highest BCUT2D eigenvalue weighted by Crippen LogP contribution is 2.37. The van der Waals surface area contributed by atoms with Crippen LogP contribution >= 0.6 is 11.6 Å². The van der Waals surface area contributed by atoms with Crippen LogP contribution in [0.15, 0.2) is 78.9 Å². The standard InChI is InChI=1S/C30H33ClN4O3/c1-30(2,19-36)35-17-24(25(18-35)29(38)33-23-14-12-22(31)13-15-23)21-10-7-20(8-11-21)9-16-28(37)34-27-6-4-3-5-26(27)32/h3-16,24-25,36H,17-19,32H2,1-2H3,(H,33,38)(H,34,37)/t24-,25+/m1/s1. The van der Waals surface area contributed by atoms with E-state index in [0.29, 0.717) is 35.2 Å². The van der Waals surface area contributed by atoms with E-state index in [4.69, 9.17) is 17.3 Å². The van der Waals surface area contributed by atoms with Gasteiger partial charge in [-0.2, -0.15) is 0 Å². The highest BCUT2D eigenvalue weighted by atomic mass is 35.5. The fourth-order valence-corrected chi connectivity index (χ4v) is 4.71. The average Bonchev–Trinajstić information content (AvgIpc) is 3.37. The molecule has 0 aliphatic carbocycles. The minimum Gasteiger partial charge on any atom is -0.397 e. The van der Waals surface area contributed by atoms with E-state index in [9.17, 15) is 14.7 Å². The Hall–Kier alpha value is -3.65. The molecule has 5 N–H and O–H groups in total. The Morgan fingerprint density at radius 2 is 1.71 bits per heavy atom. The van der Waals surface area contributed by atoms with Crippen molar-refractivity contribution in [2.75, 3.05) is 36.1 Å². The smallest absolute Gasteiger partial charge is 0.248 e. The molecule has 0 spiro atoms. The van der Waals surface area contributed by atoms with Crippen molar-refractivity contribution in [3.63, 3.8) is 0 Å². The van der Waals surface area contributed by atoms with Crippen molar-refractivity contribution in [2.45, 2.75) is 25.3 Å². The van der Waals surface area contributed by atoms with E-state index in [1.807, 2.05) is 50.2 Å². The molecular weight excluding hydrogens is 500 g/mol. The van der Waals surface area contributed by atoms with Gasteiger partial charge in [-0.25, -0.2) is 0 Å². The van der Waals surface area contributed by atoms with Gasteiger partial charge in [-0.15, -0.1) is 0 Å². The highest BCUT2D eigenvalue weighted by molar-refractivity contribution is 6.30. The van der Waals surface area contributed by atoms with E-state index < -0.39 is 5.54 Å². The van der Waals surface area contributed by atoms with Crippen LogP contribution in [0.2, 0.25) is 5.02 Å². The number of nitrogens with one attached hydrogen (secondary N) is 2. The summed E-state index contributed by atoms with van der Waals surface area (Å²) in [6, 6.07) is 22.0. The first-order chi connectivity index (χ1) is 18.2. The van der Waals surface area contributed by atoms with Crippen LogP contribution in [0.25, 0.3) is 6.08 Å². The SMILES string of the molecule is CC(C)(CO)N1C[C@H](C(=O)Nc2ccc(Cl)cc2)[C@@H](c2ccc(C=CC(=O)Nc3ccccc3N)cc2)C1. The number of anilines is 3. The number of nitrogen functional groups attached to an aromatic ring is 1. The maximum Gasteiger partial charge on any atom is 0.248 e. The van der Waals surface area contributed by atoms with Crippen LogP contribution in [0.5, 0.6) is 0 Å². The predicted molar refractivity (Wildman–Crippen MR) is 154 cm³/mol. The van der Waals surface area contributed by atoms with Gasteiger partial charge in [-0.05, 0) is 67.4 Å². The molecular formula is C30H33ClN4O3. The topological polar surface area (TPSA) is 108 Å². The van der Waals surface area contributed by atoms with Gasteiger partial charge in [0.15, 0.2) is 0 Å². The first kappa shape index (κ1) is 27.4. The van der Waals surface area contributed by atoms with Gasteiger partial charge < -0.3 is 21.5 Å². The van der Waals surface area contributed by atoms with Crippen molar-refractivity contribution in [3.05, 3.63) is 95.0 Å². The van der Waals surface area contributed by atoms with Crippen LogP contribution in [0, 0.1) is 5.92 Å². The maximum absolute atomic E-state index is 13.4. The number of hydrogen-bond acceptors (Lipinski definition) is 5. The summed E-state index contributed by atoms with van der Waals surface area (Å²) >= 11 is 5.98. The van der Waals surface area contributed by atoms with Crippen LogP contribution in [-0.2, 0) is 9.59 Å². The number of carbonyl (C=O) groups is 2. The molecule has 1 saturated heterocycles. The van der Waals surface area contributed by atoms with Gasteiger partial charge in [0.1, 0.15) is 0 Å². The predicted octanol–water partition coefficient (Wildman–Crippen LogP) is 5.00. The summed E-state index contributed by atoms with van der Waals surface area (Å²) in [5.74, 6) is -0.714. The van der Waals surface area contributed by atoms with Crippen molar-refractivity contribution in [2.24, 2.45) is 5.92 Å². The lowest BCUT2D eigenvalue weighted by molar-refractivity contribution is -0.120. The second kappa shape index (κ2) is 11.8. The molecule has 1 heterocycles. The summed E-state index contributed by atoms with van der Waals surface area (Å²) in [6.07, 6.45) is 3.20. The minimum absolute atomic E-state index is 0.00826. The molecule has 3 aromatic rings. The molecule has 0 saturated carbocycles. The third kappa shape index (κ3) is 6.61. The zero-order valence-electron chi connectivity index (χ0n) is 21.5. The van der Waals surface area contributed by atoms with E-state index in [0.717, 1.165) is 11.1 Å². The molecule has 3 aromatic carbocycles. The zero-order valence-corrected chi connectivity index (χ0v) is 22.3. The summed E-state index contributed by atoms with van der Waals surface area (Å²) in [6.45, 7) is 5.12. The van der Waals surface area contributed by atoms with Gasteiger partial charge in [0.05, 0.1) is 23.9 Å². The molecule has 8 heteroatoms. The number of likely N-dealkylation sites (tertiary alicyclic amines) is 1. The Morgan fingerprint density at radius 3 is 2.37 bits per heavy atom. The number of nitrogens with two attached hydrogens (primary N) is 1. The Labute approximate surface area is 228 Å². The van der Waals surface area contributed by atoms with Crippen LogP contribution in [0.4, 0.5) is 17.1 Å². The highest BCUT2D eigenvalue weighted by Gasteiger charge is 2.43. The molecule has 2 atom stereocenters. The van der Waals surface area contributed by atoms with Crippen molar-refractivity contribution < 1.29 is 14.7 Å². The molecule has 198 valence electrons. The molecule has 4 rings (SSSR count). The molecule has 1 aliphatic heterocycles. The Balaban J connectivity index is 1.48. The molecule has 0 bridgehead atoms. The van der Waals surface area contributed by atoms with Gasteiger partial charge in [-0.1, -0.05) is 48.0 Å². The summed E-state index contributed by atoms with van der Waals surface area (Å²) in [5, 5.41) is 16.3. The lowest BCUT2D eigenvalue weighted by Crippen LogP contribution is -2.46. The van der Waals surface area contributed by atoms with Gasteiger partial charge in [0.25, 0.3) is 0 Å². The number of amides is 2. The van der Waals surface area contributed by atoms with Crippen LogP contribution < -0.4 is 16.4 Å². The molecule has 0 unspecified atom stereocenters. The zero-order chi connectivity index (χ0) is 27.3. The van der Waals surface area contributed by atoms with Crippen molar-refractivity contribution >= 4 is 46.6 Å². The van der Waals surface area contributed by atoms with E-state index >= 15 is 0 Å². The van der Waals surface area contributed by atoms with E-state index in [2.05, 4.69) is 15.5 Å². The number of aliphatic hydroxyl groups excluding tert-OH is 1. The number of halogens is 1. The number of rotatable bonds is 8. The quantitative estimate of drug-likeness (QED) is 0.241. The van der Waals surface area contributed by atoms with E-state index in [-0.39, 0.29) is 30.3 Å². The van der Waals surface area contributed by atoms with Crippen LogP contribution in [0.3, 0.4) is 0 Å². The van der Waals surface area contributed by atoms with Crippen LogP contribution in [-0.4, -0.2) is 47.1 Å². The number of carbonyl (C=O) groups excluding carboxylic acids is 2. The first-order valence-corrected chi connectivity index (χ1v) is 12.9. The molecule has 2 amide bonds. The number of para-hydroxylation sites is 2. The normalized spacial score (nSPS) is 18.0. The fraction of sp³-hybridized carbons (Fsp3) is 0.267. The van der Waals surface area contributed by atoms with E-state index in [1.54, 1.807) is 42.5 Å². The van der Waals surface area contributed by atoms with E-state index in [1.165, 1.54) is 6.08 Å². The lowest BCUT2D eigenvalue weighted by atomic mass is 9.88. The maximum atomic E-state index is 13.4. The number of aliphatic hydroxyl groups is 1. The van der Waals surface area contributed by atoms with Gasteiger partial charge in [0.2, 0.25) is 11.8 Å².